The van der Waals surface area contributed by atoms with Crippen LogP contribution in [0.25, 0.3) is 0 Å². The first-order valence-corrected chi connectivity index (χ1v) is 8.87. The number of hydrogen-bond donors (Lipinski definition) is 1. The van der Waals surface area contributed by atoms with Crippen molar-refractivity contribution in [2.45, 2.75) is 64.9 Å². The maximum atomic E-state index is 6.14. The standard InChI is InChI=1S/C17H33N3O.HI/c1-3-21-16(15-6-4-5-7-15)8-11-19-17(18)20-12-9-14(2)10-13-20;/h14-16H,3-13H2,1-2H3,(H2,18,19);1H. The van der Waals surface area contributed by atoms with Gasteiger partial charge < -0.3 is 15.4 Å². The molecule has 2 fully saturated rings. The Kier molecular flexibility index (Phi) is 9.71. The lowest BCUT2D eigenvalue weighted by molar-refractivity contribution is 0.0177. The largest absolute Gasteiger partial charge is 0.378 e. The average molecular weight is 423 g/mol. The number of hydrogen-bond acceptors (Lipinski definition) is 2. The highest BCUT2D eigenvalue weighted by molar-refractivity contribution is 14.0. The number of halogens is 1. The molecule has 0 bridgehead atoms. The van der Waals surface area contributed by atoms with E-state index in [1.54, 1.807) is 0 Å². The highest BCUT2D eigenvalue weighted by Gasteiger charge is 2.25. The Morgan fingerprint density at radius 3 is 2.45 bits per heavy atom. The first kappa shape index (κ1) is 20.0. The molecule has 1 atom stereocenters. The van der Waals surface area contributed by atoms with Crippen molar-refractivity contribution in [1.82, 2.24) is 4.90 Å². The van der Waals surface area contributed by atoms with Crippen LogP contribution in [0.2, 0.25) is 0 Å². The minimum absolute atomic E-state index is 0. The molecule has 0 aromatic rings. The Morgan fingerprint density at radius 2 is 1.86 bits per heavy atom. The van der Waals surface area contributed by atoms with Gasteiger partial charge in [-0.25, -0.2) is 0 Å². The maximum absolute atomic E-state index is 6.14. The van der Waals surface area contributed by atoms with E-state index in [0.717, 1.165) is 50.5 Å². The van der Waals surface area contributed by atoms with Gasteiger partial charge in [-0.3, -0.25) is 4.99 Å². The lowest BCUT2D eigenvalue weighted by Gasteiger charge is -2.31. The van der Waals surface area contributed by atoms with E-state index in [9.17, 15) is 0 Å². The quantitative estimate of drug-likeness (QED) is 0.403. The van der Waals surface area contributed by atoms with Gasteiger partial charge in [0.2, 0.25) is 0 Å². The molecule has 22 heavy (non-hydrogen) atoms. The molecule has 1 heterocycles. The molecule has 1 saturated heterocycles. The number of likely N-dealkylation sites (tertiary alicyclic amines) is 1. The molecule has 1 aliphatic heterocycles. The van der Waals surface area contributed by atoms with Crippen molar-refractivity contribution >= 4 is 29.9 Å². The third-order valence-electron chi connectivity index (χ3n) is 5.10. The van der Waals surface area contributed by atoms with Gasteiger partial charge in [-0.1, -0.05) is 19.8 Å². The van der Waals surface area contributed by atoms with E-state index in [0.29, 0.717) is 6.10 Å². The van der Waals surface area contributed by atoms with Gasteiger partial charge in [0.05, 0.1) is 6.10 Å². The predicted octanol–water partition coefficient (Wildman–Crippen LogP) is 3.64. The fraction of sp³-hybridized carbons (Fsp3) is 0.941. The summed E-state index contributed by atoms with van der Waals surface area (Å²) in [6, 6.07) is 0. The molecule has 1 unspecified atom stereocenters. The third kappa shape index (κ3) is 6.22. The number of guanidine groups is 1. The topological polar surface area (TPSA) is 50.9 Å². The van der Waals surface area contributed by atoms with Crippen molar-refractivity contribution in [2.24, 2.45) is 22.6 Å². The Balaban J connectivity index is 0.00000242. The van der Waals surface area contributed by atoms with Crippen molar-refractivity contribution in [3.63, 3.8) is 0 Å². The molecule has 2 aliphatic rings. The Hall–Kier alpha value is -0.0400. The molecule has 0 aromatic carbocycles. The van der Waals surface area contributed by atoms with Crippen LogP contribution in [0, 0.1) is 11.8 Å². The Bertz CT molecular complexity index is 324. The van der Waals surface area contributed by atoms with E-state index >= 15 is 0 Å². The van der Waals surface area contributed by atoms with Crippen LogP contribution in [0.5, 0.6) is 0 Å². The Labute approximate surface area is 153 Å². The van der Waals surface area contributed by atoms with Crippen LogP contribution < -0.4 is 5.73 Å². The summed E-state index contributed by atoms with van der Waals surface area (Å²) in [7, 11) is 0. The van der Waals surface area contributed by atoms with Gasteiger partial charge in [-0.15, -0.1) is 24.0 Å². The van der Waals surface area contributed by atoms with Crippen LogP contribution in [0.1, 0.15) is 58.8 Å². The van der Waals surface area contributed by atoms with Gasteiger partial charge in [0.15, 0.2) is 5.96 Å². The number of rotatable bonds is 6. The first-order chi connectivity index (χ1) is 10.2. The van der Waals surface area contributed by atoms with E-state index in [1.807, 2.05) is 0 Å². The molecule has 130 valence electrons. The van der Waals surface area contributed by atoms with Crippen molar-refractivity contribution in [3.05, 3.63) is 0 Å². The Morgan fingerprint density at radius 1 is 1.23 bits per heavy atom. The maximum Gasteiger partial charge on any atom is 0.191 e. The predicted molar refractivity (Wildman–Crippen MR) is 104 cm³/mol. The van der Waals surface area contributed by atoms with Gasteiger partial charge in [0.1, 0.15) is 0 Å². The average Bonchev–Trinajstić information content (AvgIpc) is 3.01. The summed E-state index contributed by atoms with van der Waals surface area (Å²) in [5.74, 6) is 2.32. The zero-order valence-corrected chi connectivity index (χ0v) is 16.6. The second kappa shape index (κ2) is 10.7. The summed E-state index contributed by atoms with van der Waals surface area (Å²) in [6.45, 7) is 8.15. The van der Waals surface area contributed by atoms with Crippen LogP contribution in [-0.4, -0.2) is 43.2 Å². The molecular formula is C17H34IN3O. The summed E-state index contributed by atoms with van der Waals surface area (Å²) in [5.41, 5.74) is 6.14. The van der Waals surface area contributed by atoms with Gasteiger partial charge in [-0.2, -0.15) is 0 Å². The fourth-order valence-corrected chi connectivity index (χ4v) is 3.64. The van der Waals surface area contributed by atoms with Crippen molar-refractivity contribution in [3.8, 4) is 0 Å². The van der Waals surface area contributed by atoms with Gasteiger partial charge in [0, 0.05) is 26.2 Å². The normalized spacial score (nSPS) is 22.6. The zero-order chi connectivity index (χ0) is 15.1. The molecule has 5 heteroatoms. The van der Waals surface area contributed by atoms with Gasteiger partial charge in [-0.05, 0) is 50.9 Å². The van der Waals surface area contributed by atoms with Crippen LogP contribution in [-0.2, 0) is 4.74 Å². The van der Waals surface area contributed by atoms with Crippen molar-refractivity contribution in [1.29, 1.82) is 0 Å². The molecule has 0 aromatic heterocycles. The van der Waals surface area contributed by atoms with Crippen molar-refractivity contribution < 1.29 is 4.74 Å². The van der Waals surface area contributed by atoms with E-state index < -0.39 is 0 Å². The summed E-state index contributed by atoms with van der Waals surface area (Å²) in [4.78, 5) is 6.85. The summed E-state index contributed by atoms with van der Waals surface area (Å²) >= 11 is 0. The highest BCUT2D eigenvalue weighted by atomic mass is 127. The minimum atomic E-state index is 0. The minimum Gasteiger partial charge on any atom is -0.378 e. The fourth-order valence-electron chi connectivity index (χ4n) is 3.64. The van der Waals surface area contributed by atoms with Gasteiger partial charge in [0.25, 0.3) is 0 Å². The van der Waals surface area contributed by atoms with Crippen LogP contribution >= 0.6 is 24.0 Å². The number of ether oxygens (including phenoxy) is 1. The molecule has 4 nitrogen and oxygen atoms in total. The summed E-state index contributed by atoms with van der Waals surface area (Å²) < 4.78 is 5.94. The zero-order valence-electron chi connectivity index (χ0n) is 14.3. The molecule has 1 saturated carbocycles. The van der Waals surface area contributed by atoms with Gasteiger partial charge >= 0.3 is 0 Å². The highest BCUT2D eigenvalue weighted by Crippen LogP contribution is 2.30. The summed E-state index contributed by atoms with van der Waals surface area (Å²) in [6.07, 6.45) is 9.26. The van der Waals surface area contributed by atoms with E-state index in [4.69, 9.17) is 10.5 Å². The van der Waals surface area contributed by atoms with E-state index in [-0.39, 0.29) is 24.0 Å². The SMILES string of the molecule is CCOC(CCN=C(N)N1CCC(C)CC1)C1CCCC1.I. The number of nitrogens with two attached hydrogens (primary N) is 1. The lowest BCUT2D eigenvalue weighted by Crippen LogP contribution is -2.42. The lowest BCUT2D eigenvalue weighted by atomic mass is 9.98. The molecule has 2 N–H and O–H groups in total. The first-order valence-electron chi connectivity index (χ1n) is 8.87. The monoisotopic (exact) mass is 423 g/mol. The molecule has 0 radical (unpaired) electrons. The van der Waals surface area contributed by atoms with E-state index in [2.05, 4.69) is 23.7 Å². The summed E-state index contributed by atoms with van der Waals surface area (Å²) in [5, 5.41) is 0. The third-order valence-corrected chi connectivity index (χ3v) is 5.10. The number of aliphatic imine (C=N–C) groups is 1. The van der Waals surface area contributed by atoms with Crippen LogP contribution in [0.3, 0.4) is 0 Å². The molecule has 1 aliphatic carbocycles. The van der Waals surface area contributed by atoms with Crippen LogP contribution in [0.15, 0.2) is 4.99 Å². The molecule has 0 spiro atoms. The molecule has 2 rings (SSSR count). The number of nitrogens with zero attached hydrogens (tertiary/aromatic N) is 2. The smallest absolute Gasteiger partial charge is 0.191 e. The molecule has 0 amide bonds. The number of piperidine rings is 1. The van der Waals surface area contributed by atoms with Crippen molar-refractivity contribution in [2.75, 3.05) is 26.2 Å². The second-order valence-corrected chi connectivity index (χ2v) is 6.74. The molecular weight excluding hydrogens is 389 g/mol. The van der Waals surface area contributed by atoms with Crippen LogP contribution in [0.4, 0.5) is 0 Å². The van der Waals surface area contributed by atoms with E-state index in [1.165, 1.54) is 38.5 Å². The second-order valence-electron chi connectivity index (χ2n) is 6.74.